The van der Waals surface area contributed by atoms with Crippen molar-refractivity contribution < 1.29 is 47.5 Å². The Labute approximate surface area is 535 Å². The molecular weight excluding hydrogens is 1220 g/mol. The van der Waals surface area contributed by atoms with E-state index in [1.807, 2.05) is 93.0 Å². The molecule has 3 atom stereocenters. The molecule has 2 amide bonds. The number of nitrogens with zero attached hydrogens (tertiary/aromatic N) is 14. The van der Waals surface area contributed by atoms with E-state index in [1.165, 1.54) is 42.4 Å². The molecule has 90 heavy (non-hydrogen) atoms. The van der Waals surface area contributed by atoms with Crippen LogP contribution in [-0.4, -0.2) is 148 Å². The molecule has 0 spiro atoms. The van der Waals surface area contributed by atoms with Crippen LogP contribution >= 0.6 is 34.3 Å². The molecule has 11 rings (SSSR count). The standard InChI is InChI=1S/C23H28N6O3S.C19H20N6O3S.C9H10ClN5.C9H12FNO2.3H2/c1-13-12-24-22(26-18-7-9-25-28(18)6)27-19(13)17-11-15-16(33-17)8-10-29(20(15)30)14(2)21(31)32-23(3,4)5;1-10-9-20-19(22-15-4-6-21-24(15)3)23-16(10)14-8-12-13(29-14)5-7-25(17(12)26)11(2)18(27)28;1-6-5-11-9(14-8(6)10)13-7-3-4-12-15(7)2;1-13-8-3-6(9(11)5-12)2-7(10)4-8;;;/h7,9,11-12,14H,8,10H2,1-6H3,(H,24,26,27);4,6,8-9,11H,5,7H2,1-3H3,(H,27,28)(H,20,22,23);3-5H,1-2H3,(H,11,13,14);2-4,9,12H,5,11H2,1H3;3*1H/t;;;9-;;;/m...1.../s1. The molecule has 10 heterocycles. The number of ether oxygens (including phenoxy) is 2. The number of anilines is 6. The van der Waals surface area contributed by atoms with Crippen LogP contribution in [0.2, 0.25) is 5.15 Å². The van der Waals surface area contributed by atoms with E-state index in [2.05, 4.69) is 56.2 Å². The monoisotopic (exact) mass is 1290 g/mol. The number of aliphatic hydroxyl groups excluding tert-OH is 1. The number of carbonyl (C=O) groups excluding carboxylic acids is 3. The molecule has 0 aliphatic carbocycles. The van der Waals surface area contributed by atoms with Crippen molar-refractivity contribution in [3.63, 3.8) is 0 Å². The molecule has 0 saturated heterocycles. The summed E-state index contributed by atoms with van der Waals surface area (Å²) in [5, 5.41) is 40.1. The van der Waals surface area contributed by atoms with Crippen molar-refractivity contribution >= 4 is 93.3 Å². The number of aromatic nitrogens is 12. The number of aryl methyl sites for hydroxylation is 6. The number of carboxylic acids is 1. The van der Waals surface area contributed by atoms with E-state index in [1.54, 1.807) is 80.5 Å². The smallest absolute Gasteiger partial charge is 0.329 e. The zero-order chi connectivity index (χ0) is 65.3. The van der Waals surface area contributed by atoms with Gasteiger partial charge in [-0.15, -0.1) is 22.7 Å². The number of benzene rings is 1. The number of rotatable bonds is 15. The Bertz CT molecular complexity index is 4070. The molecule has 9 aromatic rings. The van der Waals surface area contributed by atoms with Crippen molar-refractivity contribution in [2.45, 2.75) is 92.0 Å². The molecule has 1 aromatic carbocycles. The molecule has 0 bridgehead atoms. The number of halogens is 2. The van der Waals surface area contributed by atoms with Crippen LogP contribution in [0.4, 0.5) is 39.7 Å². The maximum Gasteiger partial charge on any atom is 0.329 e. The lowest BCUT2D eigenvalue weighted by Crippen LogP contribution is -2.48. The number of thiophene rings is 2. The lowest BCUT2D eigenvalue weighted by Gasteiger charge is -2.32. The molecule has 2 unspecified atom stereocenters. The lowest BCUT2D eigenvalue weighted by molar-refractivity contribution is -0.159. The number of esters is 1. The summed E-state index contributed by atoms with van der Waals surface area (Å²) >= 11 is 8.96. The summed E-state index contributed by atoms with van der Waals surface area (Å²) in [7, 11) is 6.93. The molecule has 8 aromatic heterocycles. The van der Waals surface area contributed by atoms with Gasteiger partial charge in [-0.05, 0) is 96.3 Å². The predicted octanol–water partition coefficient (Wildman–Crippen LogP) is 9.66. The second-order valence-corrected chi connectivity index (χ2v) is 24.5. The second kappa shape index (κ2) is 28.9. The van der Waals surface area contributed by atoms with Gasteiger partial charge in [0.25, 0.3) is 11.8 Å². The summed E-state index contributed by atoms with van der Waals surface area (Å²) in [6.07, 6.45) is 11.6. The molecule has 7 N–H and O–H groups in total. The van der Waals surface area contributed by atoms with Gasteiger partial charge in [-0.1, -0.05) is 11.6 Å². The highest BCUT2D eigenvalue weighted by Gasteiger charge is 2.36. The minimum Gasteiger partial charge on any atom is -0.497 e. The van der Waals surface area contributed by atoms with Crippen molar-refractivity contribution in [1.82, 2.24) is 69.0 Å². The highest BCUT2D eigenvalue weighted by Crippen LogP contribution is 2.38. The molecule has 30 heteroatoms. The number of nitrogens with one attached hydrogen (secondary N) is 3. The van der Waals surface area contributed by atoms with Gasteiger partial charge in [0.05, 0.1) is 70.6 Å². The van der Waals surface area contributed by atoms with Crippen LogP contribution < -0.4 is 26.4 Å². The normalized spacial score (nSPS) is 13.6. The third kappa shape index (κ3) is 16.3. The van der Waals surface area contributed by atoms with Crippen LogP contribution in [0, 0.1) is 26.6 Å². The molecule has 26 nitrogen and oxygen atoms in total. The maximum absolute atomic E-state index is 13.2. The maximum atomic E-state index is 13.2. The van der Waals surface area contributed by atoms with E-state index in [4.69, 9.17) is 36.9 Å². The quantitative estimate of drug-likeness (QED) is 0.0411. The number of fused-ring (bicyclic) bond motifs is 2. The van der Waals surface area contributed by atoms with Crippen LogP contribution in [0.5, 0.6) is 5.75 Å². The summed E-state index contributed by atoms with van der Waals surface area (Å²) < 4.78 is 28.3. The van der Waals surface area contributed by atoms with Gasteiger partial charge in [0.1, 0.15) is 51.9 Å². The average Bonchev–Trinajstić information content (AvgIpc) is 1.67. The molecule has 2 aliphatic rings. The van der Waals surface area contributed by atoms with Gasteiger partial charge in [0.15, 0.2) is 0 Å². The highest BCUT2D eigenvalue weighted by molar-refractivity contribution is 7.16. The Morgan fingerprint density at radius 1 is 0.711 bits per heavy atom. The molecule has 480 valence electrons. The number of carboxylic acid groups (broad SMARTS) is 1. The molecule has 0 saturated carbocycles. The van der Waals surface area contributed by atoms with Gasteiger partial charge >= 0.3 is 11.9 Å². The summed E-state index contributed by atoms with van der Waals surface area (Å²) in [4.78, 5) is 82.9. The molecule has 2 aliphatic heterocycles. The number of methoxy groups -OCH3 is 1. The highest BCUT2D eigenvalue weighted by atomic mass is 35.5. The number of amides is 2. The zero-order valence-corrected chi connectivity index (χ0v) is 54.0. The number of carbonyl (C=O) groups is 4. The van der Waals surface area contributed by atoms with Gasteiger partial charge in [0.2, 0.25) is 17.8 Å². The van der Waals surface area contributed by atoms with Crippen molar-refractivity contribution in [2.24, 2.45) is 26.9 Å². The fourth-order valence-electron chi connectivity index (χ4n) is 9.01. The first-order valence-electron chi connectivity index (χ1n) is 28.2. The molecular formula is C60H76ClFN18O8S2. The van der Waals surface area contributed by atoms with Crippen LogP contribution in [-0.2, 0) is 48.3 Å². The van der Waals surface area contributed by atoms with Crippen LogP contribution in [0.25, 0.3) is 21.1 Å². The van der Waals surface area contributed by atoms with E-state index in [0.717, 1.165) is 65.0 Å². The summed E-state index contributed by atoms with van der Waals surface area (Å²) in [5.74, 6) is 1.89. The van der Waals surface area contributed by atoms with E-state index < -0.39 is 41.5 Å². The van der Waals surface area contributed by atoms with Crippen molar-refractivity contribution in [3.8, 4) is 26.9 Å². The van der Waals surface area contributed by atoms with E-state index in [0.29, 0.717) is 71.4 Å². The predicted molar refractivity (Wildman–Crippen MR) is 347 cm³/mol. The van der Waals surface area contributed by atoms with E-state index in [9.17, 15) is 28.7 Å². The number of hydrogen-bond donors (Lipinski definition) is 6. The number of hydrogen-bond acceptors (Lipinski definition) is 22. The third-order valence-electron chi connectivity index (χ3n) is 14.1. The minimum absolute atomic E-state index is 0. The summed E-state index contributed by atoms with van der Waals surface area (Å²) in [5.41, 5.74) is 10.8. The minimum atomic E-state index is -1.00. The Balaban J connectivity index is 0.000000237. The zero-order valence-electron chi connectivity index (χ0n) is 51.6. The Hall–Kier alpha value is -9.29. The molecule has 0 fully saturated rings. The Morgan fingerprint density at radius 2 is 1.14 bits per heavy atom. The summed E-state index contributed by atoms with van der Waals surface area (Å²) in [6, 6.07) is 11.3. The van der Waals surface area contributed by atoms with E-state index in [-0.39, 0.29) is 22.7 Å². The van der Waals surface area contributed by atoms with Gasteiger partial charge in [-0.25, -0.2) is 43.9 Å². The first-order valence-corrected chi connectivity index (χ1v) is 30.2. The Kier molecular flexibility index (Phi) is 21.4. The number of aliphatic carboxylic acids is 1. The summed E-state index contributed by atoms with van der Waals surface area (Å²) in [6.45, 7) is 15.1. The number of nitrogens with two attached hydrogens (primary N) is 1. The first kappa shape index (κ1) is 66.7. The van der Waals surface area contributed by atoms with Crippen LogP contribution in [0.1, 0.15) is 97.7 Å². The molecule has 0 radical (unpaired) electrons. The number of aliphatic hydroxyl groups is 1. The van der Waals surface area contributed by atoms with Crippen molar-refractivity contribution in [2.75, 3.05) is 42.8 Å². The topological polar surface area (TPSA) is 327 Å². The fraction of sp³-hybridized carbons (Fsp3) is 0.350. The van der Waals surface area contributed by atoms with Gasteiger partial charge in [0, 0.05) is 110 Å². The second-order valence-electron chi connectivity index (χ2n) is 21.8. The van der Waals surface area contributed by atoms with Gasteiger partial charge in [-0.3, -0.25) is 23.6 Å². The fourth-order valence-corrected chi connectivity index (χ4v) is 11.5. The van der Waals surface area contributed by atoms with Crippen LogP contribution in [0.3, 0.4) is 0 Å². The average molecular weight is 1300 g/mol. The van der Waals surface area contributed by atoms with Crippen molar-refractivity contribution in [3.05, 3.63) is 140 Å². The lowest BCUT2D eigenvalue weighted by atomic mass is 10.1. The van der Waals surface area contributed by atoms with Crippen molar-refractivity contribution in [1.29, 1.82) is 0 Å². The Morgan fingerprint density at radius 3 is 1.53 bits per heavy atom. The van der Waals surface area contributed by atoms with Gasteiger partial charge in [-0.2, -0.15) is 15.3 Å². The van der Waals surface area contributed by atoms with Gasteiger partial charge < -0.3 is 51.2 Å². The largest absolute Gasteiger partial charge is 0.497 e. The third-order valence-corrected chi connectivity index (χ3v) is 16.8. The first-order chi connectivity index (χ1) is 42.7. The van der Waals surface area contributed by atoms with Crippen LogP contribution in [0.15, 0.2) is 85.7 Å². The SMILES string of the molecule is COc1cc(F)cc([C@H](N)CO)c1.Cc1cnc(Nc2ccnn2C)nc1-c1cc2c(s1)CCN(C(C)C(=O)O)C2=O.Cc1cnc(Nc2ccnn2C)nc1-c1cc2c(s1)CCN(C(C)C(=O)OC(C)(C)C)C2=O.Cc1cnc(Nc2ccnn2C)nc1Cl.[HH].[HH].[HH]. The van der Waals surface area contributed by atoms with E-state index >= 15 is 0 Å².